The van der Waals surface area contributed by atoms with Crippen molar-refractivity contribution in [3.8, 4) is 16.9 Å². The lowest BCUT2D eigenvalue weighted by Gasteiger charge is -2.09. The number of ether oxygens (including phenoxy) is 1. The average Bonchev–Trinajstić information content (AvgIpc) is 2.86. The second-order valence-electron chi connectivity index (χ2n) is 8.50. The van der Waals surface area contributed by atoms with Crippen molar-refractivity contribution in [3.63, 3.8) is 0 Å². The third kappa shape index (κ3) is 6.47. The van der Waals surface area contributed by atoms with E-state index in [-0.39, 0.29) is 11.3 Å². The van der Waals surface area contributed by atoms with E-state index in [1.807, 2.05) is 37.3 Å². The first kappa shape index (κ1) is 25.3. The van der Waals surface area contributed by atoms with E-state index in [1.54, 1.807) is 42.5 Å². The van der Waals surface area contributed by atoms with Gasteiger partial charge in [-0.05, 0) is 55.2 Å². The second kappa shape index (κ2) is 11.3. The summed E-state index contributed by atoms with van der Waals surface area (Å²) in [6.07, 6.45) is 2.02. The third-order valence-corrected chi connectivity index (χ3v) is 7.19. The van der Waals surface area contributed by atoms with Crippen LogP contribution >= 0.6 is 0 Å². The van der Waals surface area contributed by atoms with E-state index < -0.39 is 21.6 Å². The van der Waals surface area contributed by atoms with Crippen molar-refractivity contribution in [2.45, 2.75) is 37.5 Å². The molecule has 0 amide bonds. The number of esters is 1. The molecule has 0 aliphatic rings. The number of hydrogen-bond acceptors (Lipinski definition) is 6. The van der Waals surface area contributed by atoms with Crippen molar-refractivity contribution in [1.29, 1.82) is 0 Å². The topological polar surface area (TPSA) is 103 Å². The minimum Gasteiger partial charge on any atom is -0.426 e. The summed E-state index contributed by atoms with van der Waals surface area (Å²) in [6.45, 7) is 2.19. The van der Waals surface area contributed by atoms with Crippen LogP contribution in [-0.2, 0) is 14.8 Å². The summed E-state index contributed by atoms with van der Waals surface area (Å²) in [5, 5.41) is 0.744. The monoisotopic (exact) mass is 505 g/mol. The van der Waals surface area contributed by atoms with Crippen LogP contribution in [0.5, 0.6) is 5.75 Å². The van der Waals surface area contributed by atoms with E-state index in [1.165, 1.54) is 6.07 Å². The SMILES string of the molecule is Cc1ccc(S(=O)(=O)NCCCCCC(=O)Oc2ccc3c(-c4ccccc4)cc(=O)oc3c2)cc1. The largest absolute Gasteiger partial charge is 0.426 e. The van der Waals surface area contributed by atoms with Crippen LogP contribution in [0.3, 0.4) is 0 Å². The van der Waals surface area contributed by atoms with Gasteiger partial charge in [0.25, 0.3) is 0 Å². The van der Waals surface area contributed by atoms with Gasteiger partial charge in [0, 0.05) is 30.5 Å². The van der Waals surface area contributed by atoms with Gasteiger partial charge in [0.05, 0.1) is 4.90 Å². The quantitative estimate of drug-likeness (QED) is 0.137. The van der Waals surface area contributed by atoms with E-state index in [0.29, 0.717) is 37.1 Å². The maximum atomic E-state index is 12.3. The Bertz CT molecular complexity index is 1510. The maximum absolute atomic E-state index is 12.3. The number of nitrogens with one attached hydrogen (secondary N) is 1. The molecule has 0 saturated carbocycles. The van der Waals surface area contributed by atoms with Gasteiger partial charge in [-0.3, -0.25) is 4.79 Å². The lowest BCUT2D eigenvalue weighted by atomic mass is 10.0. The number of benzene rings is 3. The molecule has 1 aromatic heterocycles. The van der Waals surface area contributed by atoms with E-state index in [0.717, 1.165) is 22.1 Å². The molecule has 0 saturated heterocycles. The first-order chi connectivity index (χ1) is 17.3. The fourth-order valence-electron chi connectivity index (χ4n) is 3.82. The van der Waals surface area contributed by atoms with E-state index in [9.17, 15) is 18.0 Å². The number of rotatable bonds is 10. The molecule has 0 aliphatic carbocycles. The Labute approximate surface area is 209 Å². The Morgan fingerprint density at radius 2 is 1.67 bits per heavy atom. The smallest absolute Gasteiger partial charge is 0.336 e. The lowest BCUT2D eigenvalue weighted by Crippen LogP contribution is -2.24. The zero-order valence-electron chi connectivity index (χ0n) is 19.9. The molecular formula is C28H27NO6S. The van der Waals surface area contributed by atoms with Crippen molar-refractivity contribution in [3.05, 3.63) is 94.8 Å². The molecule has 1 heterocycles. The number of sulfonamides is 1. The summed E-state index contributed by atoms with van der Waals surface area (Å²) in [5.74, 6) is -0.108. The van der Waals surface area contributed by atoms with Gasteiger partial charge in [-0.2, -0.15) is 0 Å². The molecule has 8 heteroatoms. The van der Waals surface area contributed by atoms with Crippen LogP contribution in [0.15, 0.2) is 93.0 Å². The second-order valence-corrected chi connectivity index (χ2v) is 10.3. The number of aryl methyl sites for hydroxylation is 1. The zero-order chi connectivity index (χ0) is 25.5. The van der Waals surface area contributed by atoms with Gasteiger partial charge >= 0.3 is 11.6 Å². The van der Waals surface area contributed by atoms with Gasteiger partial charge in [0.1, 0.15) is 11.3 Å². The summed E-state index contributed by atoms with van der Waals surface area (Å²) in [7, 11) is -3.54. The molecule has 0 unspecified atom stereocenters. The van der Waals surface area contributed by atoms with Crippen molar-refractivity contribution >= 4 is 27.0 Å². The molecule has 0 fully saturated rings. The standard InChI is InChI=1S/C28H27NO6S/c1-20-11-14-23(15-12-20)36(32,33)29-17-7-3-6-10-27(30)34-22-13-16-24-25(21-8-4-2-5-9-21)19-28(31)35-26(24)18-22/h2,4-5,8-9,11-16,18-19,29H,3,6-7,10,17H2,1H3. The highest BCUT2D eigenvalue weighted by Gasteiger charge is 2.13. The van der Waals surface area contributed by atoms with Crippen LogP contribution in [-0.4, -0.2) is 20.9 Å². The van der Waals surface area contributed by atoms with Gasteiger partial charge < -0.3 is 9.15 Å². The third-order valence-electron chi connectivity index (χ3n) is 5.71. The molecule has 0 bridgehead atoms. The molecule has 1 N–H and O–H groups in total. The lowest BCUT2D eigenvalue weighted by molar-refractivity contribution is -0.134. The summed E-state index contributed by atoms with van der Waals surface area (Å²) < 4.78 is 37.9. The zero-order valence-corrected chi connectivity index (χ0v) is 20.7. The highest BCUT2D eigenvalue weighted by molar-refractivity contribution is 7.89. The predicted molar refractivity (Wildman–Crippen MR) is 138 cm³/mol. The molecule has 3 aromatic carbocycles. The van der Waals surface area contributed by atoms with Gasteiger partial charge in [0.2, 0.25) is 10.0 Å². The Morgan fingerprint density at radius 3 is 2.42 bits per heavy atom. The molecule has 0 aliphatic heterocycles. The molecule has 7 nitrogen and oxygen atoms in total. The molecule has 4 rings (SSSR count). The van der Waals surface area contributed by atoms with Gasteiger partial charge in [-0.1, -0.05) is 54.4 Å². The summed E-state index contributed by atoms with van der Waals surface area (Å²) >= 11 is 0. The van der Waals surface area contributed by atoms with Gasteiger partial charge in [-0.15, -0.1) is 0 Å². The van der Waals surface area contributed by atoms with Crippen molar-refractivity contribution < 1.29 is 22.4 Å². The Hall–Kier alpha value is -3.75. The number of carbonyl (C=O) groups excluding carboxylic acids is 1. The Morgan fingerprint density at radius 1 is 0.917 bits per heavy atom. The number of unbranched alkanes of at least 4 members (excludes halogenated alkanes) is 2. The fraction of sp³-hybridized carbons (Fsp3) is 0.214. The normalized spacial score (nSPS) is 11.5. The van der Waals surface area contributed by atoms with Crippen LogP contribution in [0.2, 0.25) is 0 Å². The molecule has 186 valence electrons. The summed E-state index contributed by atoms with van der Waals surface area (Å²) in [6, 6.07) is 22.6. The van der Waals surface area contributed by atoms with Crippen LogP contribution < -0.4 is 15.1 Å². The average molecular weight is 506 g/mol. The highest BCUT2D eigenvalue weighted by atomic mass is 32.2. The van der Waals surface area contributed by atoms with Crippen molar-refractivity contribution in [2.24, 2.45) is 0 Å². The van der Waals surface area contributed by atoms with Gasteiger partial charge in [0.15, 0.2) is 0 Å². The molecular weight excluding hydrogens is 478 g/mol. The first-order valence-corrected chi connectivity index (χ1v) is 13.2. The Balaban J connectivity index is 1.27. The highest BCUT2D eigenvalue weighted by Crippen LogP contribution is 2.29. The van der Waals surface area contributed by atoms with Crippen LogP contribution in [0.1, 0.15) is 31.2 Å². The fourth-order valence-corrected chi connectivity index (χ4v) is 4.90. The minimum atomic E-state index is -3.54. The summed E-state index contributed by atoms with van der Waals surface area (Å²) in [4.78, 5) is 24.6. The molecule has 0 atom stereocenters. The van der Waals surface area contributed by atoms with E-state index in [4.69, 9.17) is 9.15 Å². The Kier molecular flexibility index (Phi) is 7.97. The van der Waals surface area contributed by atoms with E-state index in [2.05, 4.69) is 4.72 Å². The van der Waals surface area contributed by atoms with Crippen molar-refractivity contribution in [1.82, 2.24) is 4.72 Å². The van der Waals surface area contributed by atoms with Crippen LogP contribution in [0.25, 0.3) is 22.1 Å². The maximum Gasteiger partial charge on any atom is 0.336 e. The van der Waals surface area contributed by atoms with Crippen LogP contribution in [0, 0.1) is 6.92 Å². The van der Waals surface area contributed by atoms with E-state index >= 15 is 0 Å². The molecule has 0 radical (unpaired) electrons. The first-order valence-electron chi connectivity index (χ1n) is 11.7. The number of hydrogen-bond donors (Lipinski definition) is 1. The molecule has 4 aromatic rings. The molecule has 0 spiro atoms. The van der Waals surface area contributed by atoms with Gasteiger partial charge in [-0.25, -0.2) is 17.9 Å². The predicted octanol–water partition coefficient (Wildman–Crippen LogP) is 5.21. The number of carbonyl (C=O) groups is 1. The van der Waals surface area contributed by atoms with Crippen LogP contribution in [0.4, 0.5) is 0 Å². The number of fused-ring (bicyclic) bond motifs is 1. The minimum absolute atomic E-state index is 0.191. The molecule has 36 heavy (non-hydrogen) atoms. The van der Waals surface area contributed by atoms with Crippen molar-refractivity contribution in [2.75, 3.05) is 6.54 Å². The summed E-state index contributed by atoms with van der Waals surface area (Å²) in [5.41, 5.74) is 2.49.